The normalized spacial score (nSPS) is 15.9. The molecule has 1 aliphatic rings. The van der Waals surface area contributed by atoms with Gasteiger partial charge in [0.2, 0.25) is 0 Å². The third-order valence-electron chi connectivity index (χ3n) is 2.80. The SMILES string of the molecule is COc1csc(C(=O)NC(CN)C2CC2)c1.Cl. The van der Waals surface area contributed by atoms with Crippen LogP contribution < -0.4 is 15.8 Å². The number of halogens is 1. The summed E-state index contributed by atoms with van der Waals surface area (Å²) in [4.78, 5) is 12.5. The second-order valence-electron chi connectivity index (χ2n) is 4.00. The molecule has 96 valence electrons. The van der Waals surface area contributed by atoms with Crippen molar-refractivity contribution in [2.75, 3.05) is 13.7 Å². The highest BCUT2D eigenvalue weighted by molar-refractivity contribution is 7.12. The number of amides is 1. The van der Waals surface area contributed by atoms with Gasteiger partial charge in [-0.3, -0.25) is 4.79 Å². The summed E-state index contributed by atoms with van der Waals surface area (Å²) in [6.45, 7) is 0.513. The van der Waals surface area contributed by atoms with E-state index in [1.54, 1.807) is 13.2 Å². The fraction of sp³-hybridized carbons (Fsp3) is 0.545. The van der Waals surface area contributed by atoms with E-state index < -0.39 is 0 Å². The number of ether oxygens (including phenoxy) is 1. The lowest BCUT2D eigenvalue weighted by molar-refractivity contribution is 0.0937. The Morgan fingerprint density at radius 3 is 2.88 bits per heavy atom. The van der Waals surface area contributed by atoms with Crippen LogP contribution in [0.15, 0.2) is 11.4 Å². The number of rotatable bonds is 5. The molecule has 4 nitrogen and oxygen atoms in total. The number of hydrogen-bond acceptors (Lipinski definition) is 4. The summed E-state index contributed by atoms with van der Waals surface area (Å²) in [5, 5.41) is 4.80. The molecule has 6 heteroatoms. The zero-order valence-electron chi connectivity index (χ0n) is 9.64. The van der Waals surface area contributed by atoms with Crippen LogP contribution in [0.2, 0.25) is 0 Å². The van der Waals surface area contributed by atoms with Crippen molar-refractivity contribution in [1.29, 1.82) is 0 Å². The molecule has 0 aliphatic heterocycles. The van der Waals surface area contributed by atoms with E-state index in [9.17, 15) is 4.79 Å². The molecule has 17 heavy (non-hydrogen) atoms. The summed E-state index contributed by atoms with van der Waals surface area (Å²) in [5.74, 6) is 1.26. The number of carbonyl (C=O) groups is 1. The molecule has 3 N–H and O–H groups in total. The number of nitrogens with two attached hydrogens (primary N) is 1. The van der Waals surface area contributed by atoms with Crippen molar-refractivity contribution in [2.45, 2.75) is 18.9 Å². The molecule has 1 unspecified atom stereocenters. The van der Waals surface area contributed by atoms with Crippen LogP contribution in [0, 0.1) is 5.92 Å². The molecule has 1 fully saturated rings. The monoisotopic (exact) mass is 276 g/mol. The number of methoxy groups -OCH3 is 1. The predicted octanol–water partition coefficient (Wildman–Crippen LogP) is 1.65. The van der Waals surface area contributed by atoms with Crippen molar-refractivity contribution in [2.24, 2.45) is 11.7 Å². The van der Waals surface area contributed by atoms with Crippen LogP contribution in [0.5, 0.6) is 5.75 Å². The first-order chi connectivity index (χ1) is 7.74. The van der Waals surface area contributed by atoms with Crippen molar-refractivity contribution in [3.05, 3.63) is 16.3 Å². The lowest BCUT2D eigenvalue weighted by Crippen LogP contribution is -2.41. The highest BCUT2D eigenvalue weighted by Crippen LogP contribution is 2.32. The van der Waals surface area contributed by atoms with Gasteiger partial charge in [-0.15, -0.1) is 23.7 Å². The van der Waals surface area contributed by atoms with Crippen LogP contribution in [-0.2, 0) is 0 Å². The Balaban J connectivity index is 0.00000144. The molecule has 1 amide bonds. The zero-order chi connectivity index (χ0) is 11.5. The first-order valence-electron chi connectivity index (χ1n) is 5.38. The second kappa shape index (κ2) is 6.23. The zero-order valence-corrected chi connectivity index (χ0v) is 11.3. The van der Waals surface area contributed by atoms with Crippen LogP contribution in [0.1, 0.15) is 22.5 Å². The minimum Gasteiger partial charge on any atom is -0.496 e. The molecule has 1 saturated carbocycles. The average molecular weight is 277 g/mol. The standard InChI is InChI=1S/C11H16N2O2S.ClH/c1-15-8-4-10(16-6-8)11(14)13-9(5-12)7-2-3-7;/h4,6-7,9H,2-3,5,12H2,1H3,(H,13,14);1H. The minimum atomic E-state index is -0.0457. The molecule has 0 spiro atoms. The largest absolute Gasteiger partial charge is 0.496 e. The fourth-order valence-corrected chi connectivity index (χ4v) is 2.41. The predicted molar refractivity (Wildman–Crippen MR) is 71.2 cm³/mol. The van der Waals surface area contributed by atoms with Gasteiger partial charge in [-0.2, -0.15) is 0 Å². The van der Waals surface area contributed by atoms with Crippen molar-refractivity contribution in [3.63, 3.8) is 0 Å². The van der Waals surface area contributed by atoms with Gasteiger partial charge in [0.05, 0.1) is 12.0 Å². The summed E-state index contributed by atoms with van der Waals surface area (Å²) in [6.07, 6.45) is 2.35. The van der Waals surface area contributed by atoms with Crippen LogP contribution in [0.3, 0.4) is 0 Å². The maximum absolute atomic E-state index is 11.9. The first-order valence-corrected chi connectivity index (χ1v) is 6.26. The van der Waals surface area contributed by atoms with Crippen LogP contribution in [0.4, 0.5) is 0 Å². The fourth-order valence-electron chi connectivity index (χ4n) is 1.65. The smallest absolute Gasteiger partial charge is 0.261 e. The summed E-state index contributed by atoms with van der Waals surface area (Å²) in [6, 6.07) is 1.88. The number of thiophene rings is 1. The van der Waals surface area contributed by atoms with E-state index in [1.807, 2.05) is 5.38 Å². The third kappa shape index (κ3) is 3.59. The van der Waals surface area contributed by atoms with Crippen molar-refractivity contribution < 1.29 is 9.53 Å². The van der Waals surface area contributed by atoms with Gasteiger partial charge in [-0.25, -0.2) is 0 Å². The summed E-state index contributed by atoms with van der Waals surface area (Å²) in [7, 11) is 1.59. The van der Waals surface area contributed by atoms with Crippen molar-refractivity contribution in [3.8, 4) is 5.75 Å². The van der Waals surface area contributed by atoms with E-state index in [-0.39, 0.29) is 24.4 Å². The number of nitrogens with one attached hydrogen (secondary N) is 1. The minimum absolute atomic E-state index is 0. The van der Waals surface area contributed by atoms with Crippen LogP contribution >= 0.6 is 23.7 Å². The molecule has 1 aromatic rings. The maximum Gasteiger partial charge on any atom is 0.261 e. The molecule has 0 radical (unpaired) electrons. The van der Waals surface area contributed by atoms with E-state index in [2.05, 4.69) is 5.32 Å². The van der Waals surface area contributed by atoms with E-state index in [0.717, 1.165) is 5.75 Å². The van der Waals surface area contributed by atoms with Gasteiger partial charge in [0.25, 0.3) is 5.91 Å². The summed E-state index contributed by atoms with van der Waals surface area (Å²) < 4.78 is 5.04. The van der Waals surface area contributed by atoms with Gasteiger partial charge in [0, 0.05) is 24.0 Å². The number of carbonyl (C=O) groups excluding carboxylic acids is 1. The topological polar surface area (TPSA) is 64.3 Å². The van der Waals surface area contributed by atoms with E-state index in [0.29, 0.717) is 17.3 Å². The second-order valence-corrected chi connectivity index (χ2v) is 4.92. The van der Waals surface area contributed by atoms with Crippen molar-refractivity contribution in [1.82, 2.24) is 5.32 Å². The third-order valence-corrected chi connectivity index (χ3v) is 3.70. The first kappa shape index (κ1) is 14.3. The maximum atomic E-state index is 11.9. The molecule has 1 heterocycles. The molecule has 2 rings (SSSR count). The molecule has 1 aromatic heterocycles. The summed E-state index contributed by atoms with van der Waals surface area (Å²) >= 11 is 1.39. The quantitative estimate of drug-likeness (QED) is 0.859. The Labute approximate surface area is 111 Å². The number of hydrogen-bond donors (Lipinski definition) is 2. The van der Waals surface area contributed by atoms with E-state index >= 15 is 0 Å². The Hall–Kier alpha value is -0.780. The molecule has 1 aliphatic carbocycles. The van der Waals surface area contributed by atoms with Crippen LogP contribution in [-0.4, -0.2) is 25.6 Å². The lowest BCUT2D eigenvalue weighted by atomic mass is 10.2. The lowest BCUT2D eigenvalue weighted by Gasteiger charge is -2.14. The summed E-state index contributed by atoms with van der Waals surface area (Å²) in [5.41, 5.74) is 5.64. The van der Waals surface area contributed by atoms with Crippen LogP contribution in [0.25, 0.3) is 0 Å². The Bertz CT molecular complexity index is 379. The molecule has 1 atom stereocenters. The highest BCUT2D eigenvalue weighted by Gasteiger charge is 2.31. The van der Waals surface area contributed by atoms with Gasteiger partial charge in [-0.1, -0.05) is 0 Å². The highest BCUT2D eigenvalue weighted by atomic mass is 35.5. The van der Waals surface area contributed by atoms with E-state index in [1.165, 1.54) is 24.2 Å². The Morgan fingerprint density at radius 2 is 2.41 bits per heavy atom. The Kier molecular flexibility index (Phi) is 5.24. The molecular formula is C11H17ClN2O2S. The molecule has 0 bridgehead atoms. The van der Waals surface area contributed by atoms with Gasteiger partial charge < -0.3 is 15.8 Å². The van der Waals surface area contributed by atoms with Gasteiger partial charge in [0.15, 0.2) is 0 Å². The van der Waals surface area contributed by atoms with Crippen molar-refractivity contribution >= 4 is 29.7 Å². The molecule has 0 saturated heterocycles. The van der Waals surface area contributed by atoms with Gasteiger partial charge in [-0.05, 0) is 18.8 Å². The Morgan fingerprint density at radius 1 is 1.71 bits per heavy atom. The van der Waals surface area contributed by atoms with Gasteiger partial charge in [0.1, 0.15) is 5.75 Å². The average Bonchev–Trinajstić information content (AvgIpc) is 3.02. The molecule has 0 aromatic carbocycles. The molecular weight excluding hydrogens is 260 g/mol. The van der Waals surface area contributed by atoms with Gasteiger partial charge >= 0.3 is 0 Å². The van der Waals surface area contributed by atoms with E-state index in [4.69, 9.17) is 10.5 Å².